The second-order valence-corrected chi connectivity index (χ2v) is 7.04. The lowest BCUT2D eigenvalue weighted by Gasteiger charge is -2.20. The lowest BCUT2D eigenvalue weighted by Crippen LogP contribution is -2.40. The minimum absolute atomic E-state index is 0.0254. The Morgan fingerprint density at radius 2 is 2.20 bits per heavy atom. The summed E-state index contributed by atoms with van der Waals surface area (Å²) in [6.45, 7) is 3.19. The number of hydrogen-bond acceptors (Lipinski definition) is 4. The van der Waals surface area contributed by atoms with E-state index in [9.17, 15) is 8.42 Å². The van der Waals surface area contributed by atoms with Gasteiger partial charge in [0.25, 0.3) is 0 Å². The molecule has 2 aliphatic heterocycles. The summed E-state index contributed by atoms with van der Waals surface area (Å²) in [6, 6.07) is 4.81. The zero-order chi connectivity index (χ0) is 14.2. The van der Waals surface area contributed by atoms with E-state index in [0.717, 1.165) is 30.6 Å². The van der Waals surface area contributed by atoms with Crippen LogP contribution in [0.15, 0.2) is 23.1 Å². The van der Waals surface area contributed by atoms with Gasteiger partial charge in [-0.05, 0) is 43.5 Å². The van der Waals surface area contributed by atoms with Gasteiger partial charge in [0.05, 0.1) is 17.6 Å². The van der Waals surface area contributed by atoms with Crippen LogP contribution in [0.25, 0.3) is 0 Å². The molecule has 1 N–H and O–H groups in total. The predicted molar refractivity (Wildman–Crippen MR) is 74.4 cm³/mol. The highest BCUT2D eigenvalue weighted by Crippen LogP contribution is 2.28. The fourth-order valence-corrected chi connectivity index (χ4v) is 4.04. The first-order valence-electron chi connectivity index (χ1n) is 6.96. The molecule has 1 aromatic rings. The van der Waals surface area contributed by atoms with Crippen molar-refractivity contribution < 1.29 is 17.9 Å². The van der Waals surface area contributed by atoms with Gasteiger partial charge in [-0.1, -0.05) is 0 Å². The number of nitrogens with one attached hydrogen (secondary N) is 1. The van der Waals surface area contributed by atoms with Crippen LogP contribution in [-0.4, -0.2) is 33.8 Å². The zero-order valence-electron chi connectivity index (χ0n) is 11.5. The van der Waals surface area contributed by atoms with E-state index in [-0.39, 0.29) is 12.1 Å². The maximum Gasteiger partial charge on any atom is 0.240 e. The minimum atomic E-state index is -3.50. The quantitative estimate of drug-likeness (QED) is 0.914. The Morgan fingerprint density at radius 1 is 1.35 bits per heavy atom. The van der Waals surface area contributed by atoms with Crippen LogP contribution in [0, 0.1) is 0 Å². The van der Waals surface area contributed by atoms with Crippen molar-refractivity contribution in [2.24, 2.45) is 0 Å². The number of sulfonamides is 1. The van der Waals surface area contributed by atoms with Crippen LogP contribution in [0.1, 0.15) is 25.3 Å². The van der Waals surface area contributed by atoms with Gasteiger partial charge in [0.1, 0.15) is 5.75 Å². The Bertz CT molecular complexity index is 593. The number of ether oxygens (including phenoxy) is 2. The van der Waals surface area contributed by atoms with E-state index in [1.54, 1.807) is 18.2 Å². The third-order valence-corrected chi connectivity index (χ3v) is 5.39. The summed E-state index contributed by atoms with van der Waals surface area (Å²) in [7, 11) is -3.50. The van der Waals surface area contributed by atoms with Gasteiger partial charge in [-0.15, -0.1) is 0 Å². The molecule has 6 heteroatoms. The number of hydrogen-bond donors (Lipinski definition) is 1. The Hall–Kier alpha value is -1.11. The third-order valence-electron chi connectivity index (χ3n) is 3.83. The summed E-state index contributed by atoms with van der Waals surface area (Å²) in [6.07, 6.45) is 2.64. The molecule has 0 saturated carbocycles. The van der Waals surface area contributed by atoms with Crippen LogP contribution in [0.3, 0.4) is 0 Å². The van der Waals surface area contributed by atoms with Crippen molar-refractivity contribution in [2.75, 3.05) is 13.2 Å². The standard InChI is InChI=1S/C14H19NO4S/c1-10(13-3-2-7-18-13)15-20(16,17)12-4-5-14-11(9-12)6-8-19-14/h4-5,9-10,13,15H,2-3,6-8H2,1H3/t10-,13+/m1/s1. The largest absolute Gasteiger partial charge is 0.493 e. The molecule has 1 fully saturated rings. The van der Waals surface area contributed by atoms with Gasteiger partial charge in [-0.25, -0.2) is 13.1 Å². The molecule has 0 aliphatic carbocycles. The van der Waals surface area contributed by atoms with Gasteiger partial charge < -0.3 is 9.47 Å². The normalized spacial score (nSPS) is 23.4. The highest BCUT2D eigenvalue weighted by molar-refractivity contribution is 7.89. The van der Waals surface area contributed by atoms with E-state index in [2.05, 4.69) is 4.72 Å². The molecule has 2 aliphatic rings. The smallest absolute Gasteiger partial charge is 0.240 e. The van der Waals surface area contributed by atoms with Crippen LogP contribution >= 0.6 is 0 Å². The Labute approximate surface area is 119 Å². The van der Waals surface area contributed by atoms with E-state index in [1.165, 1.54) is 0 Å². The number of fused-ring (bicyclic) bond motifs is 1. The highest BCUT2D eigenvalue weighted by atomic mass is 32.2. The van der Waals surface area contributed by atoms with Crippen molar-refractivity contribution >= 4 is 10.0 Å². The first kappa shape index (κ1) is 13.9. The zero-order valence-corrected chi connectivity index (χ0v) is 12.3. The monoisotopic (exact) mass is 297 g/mol. The van der Waals surface area contributed by atoms with Crippen LogP contribution < -0.4 is 9.46 Å². The van der Waals surface area contributed by atoms with Crippen molar-refractivity contribution in [1.82, 2.24) is 4.72 Å². The first-order valence-corrected chi connectivity index (χ1v) is 8.44. The van der Waals surface area contributed by atoms with Gasteiger partial charge in [-0.3, -0.25) is 0 Å². The second-order valence-electron chi connectivity index (χ2n) is 5.33. The Balaban J connectivity index is 1.77. The van der Waals surface area contributed by atoms with Crippen LogP contribution in [0.2, 0.25) is 0 Å². The Kier molecular flexibility index (Phi) is 3.70. The van der Waals surface area contributed by atoms with Gasteiger partial charge in [0.2, 0.25) is 10.0 Å². The molecule has 5 nitrogen and oxygen atoms in total. The van der Waals surface area contributed by atoms with Gasteiger partial charge >= 0.3 is 0 Å². The van der Waals surface area contributed by atoms with Gasteiger partial charge in [-0.2, -0.15) is 0 Å². The second kappa shape index (κ2) is 5.35. The summed E-state index contributed by atoms with van der Waals surface area (Å²) >= 11 is 0. The van der Waals surface area contributed by atoms with Gasteiger partial charge in [0, 0.05) is 19.1 Å². The SMILES string of the molecule is C[C@@H](NS(=O)(=O)c1ccc2c(c1)CCO2)[C@@H]1CCCO1. The average molecular weight is 297 g/mol. The molecule has 0 amide bonds. The molecule has 110 valence electrons. The molecule has 0 radical (unpaired) electrons. The van der Waals surface area contributed by atoms with Gasteiger partial charge in [0.15, 0.2) is 0 Å². The molecule has 2 heterocycles. The number of rotatable bonds is 4. The van der Waals surface area contributed by atoms with E-state index >= 15 is 0 Å². The maximum atomic E-state index is 12.4. The lowest BCUT2D eigenvalue weighted by molar-refractivity contribution is 0.0902. The average Bonchev–Trinajstić information content (AvgIpc) is 3.08. The maximum absolute atomic E-state index is 12.4. The van der Waals surface area contributed by atoms with E-state index in [4.69, 9.17) is 9.47 Å². The third kappa shape index (κ3) is 2.68. The molecular formula is C14H19NO4S. The molecule has 20 heavy (non-hydrogen) atoms. The molecule has 0 spiro atoms. The topological polar surface area (TPSA) is 64.6 Å². The van der Waals surface area contributed by atoms with Crippen molar-refractivity contribution in [1.29, 1.82) is 0 Å². The van der Waals surface area contributed by atoms with Crippen molar-refractivity contribution in [3.63, 3.8) is 0 Å². The number of benzene rings is 1. The molecule has 1 aromatic carbocycles. The Morgan fingerprint density at radius 3 is 2.95 bits per heavy atom. The van der Waals surface area contributed by atoms with Crippen molar-refractivity contribution in [3.8, 4) is 5.75 Å². The molecule has 1 saturated heterocycles. The molecule has 2 atom stereocenters. The molecule has 0 unspecified atom stereocenters. The summed E-state index contributed by atoms with van der Waals surface area (Å²) in [5.41, 5.74) is 0.956. The van der Waals surface area contributed by atoms with Crippen molar-refractivity contribution in [2.45, 2.75) is 43.2 Å². The van der Waals surface area contributed by atoms with Crippen LogP contribution in [0.4, 0.5) is 0 Å². The van der Waals surface area contributed by atoms with Crippen LogP contribution in [-0.2, 0) is 21.2 Å². The summed E-state index contributed by atoms with van der Waals surface area (Å²) < 4.78 is 38.4. The highest BCUT2D eigenvalue weighted by Gasteiger charge is 2.27. The minimum Gasteiger partial charge on any atom is -0.493 e. The van der Waals surface area contributed by atoms with E-state index in [1.807, 2.05) is 6.92 Å². The molecule has 0 bridgehead atoms. The summed E-state index contributed by atoms with van der Waals surface area (Å²) in [4.78, 5) is 0.298. The molecule has 3 rings (SSSR count). The first-order chi connectivity index (χ1) is 9.56. The molecular weight excluding hydrogens is 278 g/mol. The predicted octanol–water partition coefficient (Wildman–Crippen LogP) is 1.47. The molecule has 0 aromatic heterocycles. The fourth-order valence-electron chi connectivity index (χ4n) is 2.72. The fraction of sp³-hybridized carbons (Fsp3) is 0.571. The van der Waals surface area contributed by atoms with E-state index in [0.29, 0.717) is 18.1 Å². The van der Waals surface area contributed by atoms with Crippen LogP contribution in [0.5, 0.6) is 5.75 Å². The summed E-state index contributed by atoms with van der Waals surface area (Å²) in [5, 5.41) is 0. The van der Waals surface area contributed by atoms with E-state index < -0.39 is 10.0 Å². The lowest BCUT2D eigenvalue weighted by atomic mass is 10.1. The summed E-state index contributed by atoms with van der Waals surface area (Å²) in [5.74, 6) is 0.788. The van der Waals surface area contributed by atoms with Crippen molar-refractivity contribution in [3.05, 3.63) is 23.8 Å².